The zero-order chi connectivity index (χ0) is 19.0. The number of ether oxygens (including phenoxy) is 4. The summed E-state index contributed by atoms with van der Waals surface area (Å²) in [5, 5.41) is 9.34. The van der Waals surface area contributed by atoms with Crippen molar-refractivity contribution in [1.82, 2.24) is 0 Å². The molecule has 0 saturated heterocycles. The molecule has 9 nitrogen and oxygen atoms in total. The number of esters is 2. The lowest BCUT2D eigenvalue weighted by atomic mass is 10.0. The molecule has 0 aliphatic carbocycles. The number of benzene rings is 1. The predicted molar refractivity (Wildman–Crippen MR) is 83.0 cm³/mol. The summed E-state index contributed by atoms with van der Waals surface area (Å²) in [5.74, 6) is -3.89. The standard InChI is InChI=1S/C16H18O9/c1-4-22-14(19)9-7-10(13(17)18)12(25-16(21)24-6-3)11(8-9)15(20)23-5-2/h7-8H,4-6H2,1-3H3,(H,17,18). The number of hydrogen-bond acceptors (Lipinski definition) is 8. The lowest BCUT2D eigenvalue weighted by Crippen LogP contribution is -2.18. The van der Waals surface area contributed by atoms with Crippen molar-refractivity contribution in [3.63, 3.8) is 0 Å². The van der Waals surface area contributed by atoms with Crippen LogP contribution in [0.2, 0.25) is 0 Å². The van der Waals surface area contributed by atoms with Gasteiger partial charge in [0.1, 0.15) is 11.1 Å². The lowest BCUT2D eigenvalue weighted by molar-refractivity contribution is 0.0520. The van der Waals surface area contributed by atoms with Crippen LogP contribution in [0.15, 0.2) is 12.1 Å². The molecule has 0 fully saturated rings. The van der Waals surface area contributed by atoms with Gasteiger partial charge >= 0.3 is 24.1 Å². The maximum atomic E-state index is 12.1. The average Bonchev–Trinajstić information content (AvgIpc) is 2.55. The summed E-state index contributed by atoms with van der Waals surface area (Å²) >= 11 is 0. The Morgan fingerprint density at radius 3 is 1.88 bits per heavy atom. The van der Waals surface area contributed by atoms with Gasteiger partial charge < -0.3 is 24.1 Å². The van der Waals surface area contributed by atoms with Gasteiger partial charge in [-0.05, 0) is 32.9 Å². The van der Waals surface area contributed by atoms with E-state index in [1.54, 1.807) is 6.92 Å². The molecular formula is C16H18O9. The number of aromatic carboxylic acids is 1. The third kappa shape index (κ3) is 5.20. The van der Waals surface area contributed by atoms with Gasteiger partial charge in [-0.2, -0.15) is 0 Å². The van der Waals surface area contributed by atoms with E-state index in [1.807, 2.05) is 0 Å². The van der Waals surface area contributed by atoms with Gasteiger partial charge in [0.15, 0.2) is 5.75 Å². The van der Waals surface area contributed by atoms with E-state index in [0.29, 0.717) is 0 Å². The largest absolute Gasteiger partial charge is 0.513 e. The topological polar surface area (TPSA) is 125 Å². The molecule has 0 radical (unpaired) electrons. The second-order valence-corrected chi connectivity index (χ2v) is 4.43. The molecule has 0 aromatic heterocycles. The van der Waals surface area contributed by atoms with Gasteiger partial charge in [0.05, 0.1) is 25.4 Å². The van der Waals surface area contributed by atoms with Crippen molar-refractivity contribution in [2.45, 2.75) is 20.8 Å². The molecule has 0 amide bonds. The zero-order valence-corrected chi connectivity index (χ0v) is 14.0. The first-order chi connectivity index (χ1) is 11.8. The SMILES string of the molecule is CCOC(=O)Oc1c(C(=O)O)cc(C(=O)OCC)cc1C(=O)OCC. The van der Waals surface area contributed by atoms with Crippen LogP contribution in [-0.4, -0.2) is 49.0 Å². The van der Waals surface area contributed by atoms with Crippen LogP contribution < -0.4 is 4.74 Å². The molecule has 0 atom stereocenters. The Morgan fingerprint density at radius 2 is 1.36 bits per heavy atom. The molecule has 0 saturated carbocycles. The second kappa shape index (κ2) is 9.26. The first-order valence-corrected chi connectivity index (χ1v) is 7.45. The van der Waals surface area contributed by atoms with Gasteiger partial charge in [0, 0.05) is 0 Å². The third-order valence-corrected chi connectivity index (χ3v) is 2.77. The van der Waals surface area contributed by atoms with Gasteiger partial charge in [-0.3, -0.25) is 0 Å². The maximum absolute atomic E-state index is 12.1. The van der Waals surface area contributed by atoms with E-state index in [1.165, 1.54) is 13.8 Å². The molecule has 136 valence electrons. The van der Waals surface area contributed by atoms with Crippen LogP contribution >= 0.6 is 0 Å². The summed E-state index contributed by atoms with van der Waals surface area (Å²) in [5.41, 5.74) is -1.18. The Balaban J connectivity index is 3.52. The Labute approximate surface area is 143 Å². The number of rotatable bonds is 7. The maximum Gasteiger partial charge on any atom is 0.513 e. The van der Waals surface area contributed by atoms with Crippen molar-refractivity contribution in [2.75, 3.05) is 19.8 Å². The number of carbonyl (C=O) groups excluding carboxylic acids is 3. The van der Waals surface area contributed by atoms with E-state index < -0.39 is 40.9 Å². The Kier molecular flexibility index (Phi) is 7.39. The van der Waals surface area contributed by atoms with E-state index in [2.05, 4.69) is 4.74 Å². The van der Waals surface area contributed by atoms with Gasteiger partial charge in [-0.15, -0.1) is 0 Å². The normalized spacial score (nSPS) is 9.88. The summed E-state index contributed by atoms with van der Waals surface area (Å²) in [4.78, 5) is 47.1. The Morgan fingerprint density at radius 1 is 0.840 bits per heavy atom. The average molecular weight is 354 g/mol. The first-order valence-electron chi connectivity index (χ1n) is 7.45. The van der Waals surface area contributed by atoms with Crippen LogP contribution in [0.5, 0.6) is 5.75 Å². The van der Waals surface area contributed by atoms with Crippen molar-refractivity contribution in [3.8, 4) is 5.75 Å². The van der Waals surface area contributed by atoms with Crippen molar-refractivity contribution in [2.24, 2.45) is 0 Å². The molecule has 0 bridgehead atoms. The summed E-state index contributed by atoms with van der Waals surface area (Å²) < 4.78 is 19.1. The molecule has 0 aliphatic heterocycles. The van der Waals surface area contributed by atoms with Crippen molar-refractivity contribution >= 4 is 24.1 Å². The molecule has 0 unspecified atom stereocenters. The zero-order valence-electron chi connectivity index (χ0n) is 14.0. The summed E-state index contributed by atoms with van der Waals surface area (Å²) in [7, 11) is 0. The Hall–Kier alpha value is -3.10. The van der Waals surface area contributed by atoms with Crippen LogP contribution in [0.4, 0.5) is 4.79 Å². The fourth-order valence-corrected chi connectivity index (χ4v) is 1.82. The number of hydrogen-bond donors (Lipinski definition) is 1. The molecule has 0 heterocycles. The van der Waals surface area contributed by atoms with Crippen molar-refractivity contribution in [1.29, 1.82) is 0 Å². The molecular weight excluding hydrogens is 336 g/mol. The van der Waals surface area contributed by atoms with Gasteiger partial charge in [0.25, 0.3) is 0 Å². The lowest BCUT2D eigenvalue weighted by Gasteiger charge is -2.13. The second-order valence-electron chi connectivity index (χ2n) is 4.43. The van der Waals surface area contributed by atoms with Crippen LogP contribution in [0.25, 0.3) is 0 Å². The number of carboxylic acid groups (broad SMARTS) is 1. The minimum Gasteiger partial charge on any atom is -0.478 e. The summed E-state index contributed by atoms with van der Waals surface area (Å²) in [6.45, 7) is 4.66. The van der Waals surface area contributed by atoms with E-state index in [-0.39, 0.29) is 25.4 Å². The van der Waals surface area contributed by atoms with Crippen LogP contribution in [0, 0.1) is 0 Å². The van der Waals surface area contributed by atoms with Gasteiger partial charge in [-0.1, -0.05) is 0 Å². The van der Waals surface area contributed by atoms with E-state index in [9.17, 15) is 24.3 Å². The molecule has 25 heavy (non-hydrogen) atoms. The van der Waals surface area contributed by atoms with Gasteiger partial charge in [0.2, 0.25) is 0 Å². The number of carboxylic acids is 1. The predicted octanol–water partition coefficient (Wildman–Crippen LogP) is 2.27. The van der Waals surface area contributed by atoms with Crippen molar-refractivity contribution in [3.05, 3.63) is 28.8 Å². The quantitative estimate of drug-likeness (QED) is 0.446. The highest BCUT2D eigenvalue weighted by Crippen LogP contribution is 2.28. The molecule has 1 aromatic carbocycles. The monoisotopic (exact) mass is 354 g/mol. The van der Waals surface area contributed by atoms with Crippen LogP contribution in [0.3, 0.4) is 0 Å². The Bertz CT molecular complexity index is 678. The minimum absolute atomic E-state index is 0.0102. The molecule has 1 rings (SSSR count). The molecule has 0 aliphatic rings. The van der Waals surface area contributed by atoms with Gasteiger partial charge in [-0.25, -0.2) is 19.2 Å². The molecule has 9 heteroatoms. The smallest absolute Gasteiger partial charge is 0.478 e. The first kappa shape index (κ1) is 19.9. The summed E-state index contributed by atoms with van der Waals surface area (Å²) in [6, 6.07) is 1.98. The summed E-state index contributed by atoms with van der Waals surface area (Å²) in [6.07, 6.45) is -1.19. The third-order valence-electron chi connectivity index (χ3n) is 2.77. The fraction of sp³-hybridized carbons (Fsp3) is 0.375. The molecule has 1 aromatic rings. The molecule has 1 N–H and O–H groups in total. The van der Waals surface area contributed by atoms with E-state index in [0.717, 1.165) is 12.1 Å². The van der Waals surface area contributed by atoms with Crippen molar-refractivity contribution < 1.29 is 43.2 Å². The fourth-order valence-electron chi connectivity index (χ4n) is 1.82. The van der Waals surface area contributed by atoms with E-state index in [4.69, 9.17) is 14.2 Å². The van der Waals surface area contributed by atoms with Crippen LogP contribution in [-0.2, 0) is 14.2 Å². The minimum atomic E-state index is -1.52. The highest BCUT2D eigenvalue weighted by molar-refractivity contribution is 6.04. The van der Waals surface area contributed by atoms with Crippen LogP contribution in [0.1, 0.15) is 51.8 Å². The highest BCUT2D eigenvalue weighted by atomic mass is 16.7. The van der Waals surface area contributed by atoms with E-state index >= 15 is 0 Å². The number of carbonyl (C=O) groups is 4. The molecule has 0 spiro atoms. The highest BCUT2D eigenvalue weighted by Gasteiger charge is 2.27.